The molecule has 5 rings (SSSR count). The number of likely N-dealkylation sites (tertiary alicyclic amines) is 2. The van der Waals surface area contributed by atoms with Gasteiger partial charge in [-0.25, -0.2) is 0 Å². The molecule has 2 fully saturated rings. The van der Waals surface area contributed by atoms with Crippen molar-refractivity contribution in [1.29, 1.82) is 0 Å². The van der Waals surface area contributed by atoms with Crippen LogP contribution < -0.4 is 19.6 Å². The van der Waals surface area contributed by atoms with Gasteiger partial charge in [-0.05, 0) is 133 Å². The second kappa shape index (κ2) is 19.3. The lowest BCUT2D eigenvalue weighted by Gasteiger charge is -2.20. The van der Waals surface area contributed by atoms with Crippen LogP contribution in [-0.2, 0) is 12.8 Å². The summed E-state index contributed by atoms with van der Waals surface area (Å²) in [5.74, 6) is 1.52. The zero-order valence-corrected chi connectivity index (χ0v) is 34.6. The summed E-state index contributed by atoms with van der Waals surface area (Å²) < 4.78 is 25.3. The van der Waals surface area contributed by atoms with Crippen LogP contribution in [0.1, 0.15) is 77.3 Å². The van der Waals surface area contributed by atoms with Crippen LogP contribution in [0.5, 0.6) is 23.0 Å². The first-order chi connectivity index (χ1) is 25.9. The smallest absolute Gasteiger partial charge is 0.204 e. The van der Waals surface area contributed by atoms with Crippen LogP contribution in [0.4, 0.5) is 0 Å². The Morgan fingerprint density at radius 3 is 1.78 bits per heavy atom. The van der Waals surface area contributed by atoms with Gasteiger partial charge in [0.1, 0.15) is 28.1 Å². The summed E-state index contributed by atoms with van der Waals surface area (Å²) in [4.78, 5) is 24.2. The van der Waals surface area contributed by atoms with E-state index in [0.717, 1.165) is 76.1 Å². The summed E-state index contributed by atoms with van der Waals surface area (Å²) in [6.45, 7) is 15.7. The molecule has 3 heterocycles. The minimum Gasteiger partial charge on any atom is -0.507 e. The molecule has 2 saturated heterocycles. The molecule has 2 atom stereocenters. The first-order valence-corrected chi connectivity index (χ1v) is 20.0. The normalized spacial score (nSPS) is 18.0. The SMILES string of the molecule is COc1c(OCCCCN2CC[C@@H](N(C)C)C2)cc2oc3cc(OCCCCN4CC[C@H](N(C)C)C4)c(CC=C(C)C)c(O)c3c(=O)c2c1CC=C(C)C. The zero-order chi connectivity index (χ0) is 38.9. The molecule has 2 aromatic carbocycles. The molecule has 2 aliphatic rings. The molecule has 2 aliphatic heterocycles. The van der Waals surface area contributed by atoms with E-state index in [0.29, 0.717) is 83.1 Å². The summed E-state index contributed by atoms with van der Waals surface area (Å²) >= 11 is 0. The van der Waals surface area contributed by atoms with Crippen molar-refractivity contribution in [2.45, 2.75) is 91.1 Å². The Kier molecular flexibility index (Phi) is 14.9. The van der Waals surface area contributed by atoms with Crippen molar-refractivity contribution in [3.8, 4) is 23.0 Å². The Labute approximate surface area is 323 Å². The molecule has 1 N–H and O–H groups in total. The number of likely N-dealkylation sites (N-methyl/N-ethyl adjacent to an activating group) is 2. The van der Waals surface area contributed by atoms with Crippen molar-refractivity contribution >= 4 is 21.9 Å². The van der Waals surface area contributed by atoms with Gasteiger partial charge in [0.15, 0.2) is 11.5 Å². The van der Waals surface area contributed by atoms with Crippen LogP contribution in [0, 0.1) is 0 Å². The van der Waals surface area contributed by atoms with Crippen molar-refractivity contribution in [2.75, 3.05) is 87.8 Å². The highest BCUT2D eigenvalue weighted by molar-refractivity contribution is 5.98. The monoisotopic (exact) mass is 746 g/mol. The van der Waals surface area contributed by atoms with Gasteiger partial charge in [0.2, 0.25) is 5.43 Å². The average molecular weight is 747 g/mol. The number of aromatic hydroxyl groups is 1. The van der Waals surface area contributed by atoms with Gasteiger partial charge in [-0.3, -0.25) is 4.79 Å². The Morgan fingerprint density at radius 2 is 1.28 bits per heavy atom. The fourth-order valence-electron chi connectivity index (χ4n) is 7.78. The van der Waals surface area contributed by atoms with Gasteiger partial charge in [0.05, 0.1) is 25.7 Å². The standard InChI is InChI=1S/C44H66N4O6/c1-30(2)14-16-34-36(52-24-12-10-20-47-22-18-32(28-47)45(5)6)26-38-41(42(34)49)43(50)40-35(17-15-31(3)4)44(51-9)39(27-37(40)54-38)53-25-13-11-21-48-23-19-33(29-48)46(7)8/h14-15,26-27,32-33,49H,10-13,16-25,28-29H2,1-9H3/t32-,33+/m0/s1. The predicted octanol–water partition coefficient (Wildman–Crippen LogP) is 7.27. The van der Waals surface area contributed by atoms with Gasteiger partial charge in [0, 0.05) is 48.4 Å². The lowest BCUT2D eigenvalue weighted by Crippen LogP contribution is -2.31. The van der Waals surface area contributed by atoms with Gasteiger partial charge >= 0.3 is 0 Å². The van der Waals surface area contributed by atoms with E-state index in [9.17, 15) is 9.90 Å². The summed E-state index contributed by atoms with van der Waals surface area (Å²) in [7, 11) is 10.2. The third-order valence-electron chi connectivity index (χ3n) is 11.2. The van der Waals surface area contributed by atoms with Gasteiger partial charge < -0.3 is 43.3 Å². The van der Waals surface area contributed by atoms with Crippen molar-refractivity contribution in [2.24, 2.45) is 0 Å². The maximum atomic E-state index is 14.5. The van der Waals surface area contributed by atoms with Crippen LogP contribution in [0.15, 0.2) is 44.6 Å². The molecule has 0 unspecified atom stereocenters. The predicted molar refractivity (Wildman–Crippen MR) is 221 cm³/mol. The number of hydrogen-bond donors (Lipinski definition) is 1. The number of methoxy groups -OCH3 is 1. The summed E-state index contributed by atoms with van der Waals surface area (Å²) in [5, 5.41) is 12.4. The highest BCUT2D eigenvalue weighted by Gasteiger charge is 2.26. The Bertz CT molecular complexity index is 1840. The van der Waals surface area contributed by atoms with E-state index in [1.54, 1.807) is 19.2 Å². The second-order valence-electron chi connectivity index (χ2n) is 16.3. The second-order valence-corrected chi connectivity index (χ2v) is 16.3. The summed E-state index contributed by atoms with van der Waals surface area (Å²) in [6.07, 6.45) is 11.3. The van der Waals surface area contributed by atoms with E-state index in [2.05, 4.69) is 53.9 Å². The Hall–Kier alpha value is -3.57. The zero-order valence-electron chi connectivity index (χ0n) is 34.6. The van der Waals surface area contributed by atoms with E-state index in [-0.39, 0.29) is 16.6 Å². The fraction of sp³-hybridized carbons (Fsp3) is 0.614. The topological polar surface area (TPSA) is 91.1 Å². The lowest BCUT2D eigenvalue weighted by molar-refractivity contribution is 0.250. The lowest BCUT2D eigenvalue weighted by atomic mass is 9.98. The first-order valence-electron chi connectivity index (χ1n) is 20.0. The van der Waals surface area contributed by atoms with E-state index in [1.165, 1.54) is 12.8 Å². The molecule has 10 heteroatoms. The van der Waals surface area contributed by atoms with Crippen LogP contribution in [0.25, 0.3) is 21.9 Å². The number of allylic oxidation sites excluding steroid dienone is 4. The molecule has 298 valence electrons. The Balaban J connectivity index is 1.41. The number of fused-ring (bicyclic) bond motifs is 2. The van der Waals surface area contributed by atoms with Crippen molar-refractivity contribution in [1.82, 2.24) is 19.6 Å². The molecule has 0 amide bonds. The highest BCUT2D eigenvalue weighted by atomic mass is 16.5. The van der Waals surface area contributed by atoms with E-state index in [1.807, 2.05) is 33.8 Å². The number of phenols is 1. The molecule has 54 heavy (non-hydrogen) atoms. The third kappa shape index (κ3) is 10.4. The minimum atomic E-state index is -0.293. The molecule has 0 saturated carbocycles. The molecule has 1 aromatic heterocycles. The number of unbranched alkanes of at least 4 members (excludes halogenated alkanes) is 2. The largest absolute Gasteiger partial charge is 0.507 e. The van der Waals surface area contributed by atoms with Gasteiger partial charge in [0.25, 0.3) is 0 Å². The molecular weight excluding hydrogens is 681 g/mol. The van der Waals surface area contributed by atoms with Crippen molar-refractivity contribution in [3.05, 3.63) is 56.8 Å². The van der Waals surface area contributed by atoms with E-state index >= 15 is 0 Å². The molecule has 0 aliphatic carbocycles. The number of benzene rings is 2. The molecule has 0 radical (unpaired) electrons. The molecule has 10 nitrogen and oxygen atoms in total. The van der Waals surface area contributed by atoms with Crippen LogP contribution in [-0.4, -0.2) is 125 Å². The van der Waals surface area contributed by atoms with E-state index in [4.69, 9.17) is 18.6 Å². The van der Waals surface area contributed by atoms with Gasteiger partial charge in [-0.2, -0.15) is 0 Å². The van der Waals surface area contributed by atoms with Crippen molar-refractivity contribution < 1.29 is 23.7 Å². The van der Waals surface area contributed by atoms with Gasteiger partial charge in [-0.15, -0.1) is 0 Å². The van der Waals surface area contributed by atoms with Crippen LogP contribution in [0.3, 0.4) is 0 Å². The third-order valence-corrected chi connectivity index (χ3v) is 11.2. The number of rotatable bonds is 19. The summed E-state index contributed by atoms with van der Waals surface area (Å²) in [5.41, 5.74) is 3.91. The number of phenolic OH excluding ortho intramolecular Hbond substituents is 1. The Morgan fingerprint density at radius 1 is 0.778 bits per heavy atom. The molecule has 0 bridgehead atoms. The number of nitrogens with zero attached hydrogens (tertiary/aromatic N) is 4. The molecule has 0 spiro atoms. The number of ether oxygens (including phenoxy) is 3. The van der Waals surface area contributed by atoms with E-state index < -0.39 is 0 Å². The minimum absolute atomic E-state index is 0.0928. The van der Waals surface area contributed by atoms with Crippen molar-refractivity contribution in [3.63, 3.8) is 0 Å². The maximum absolute atomic E-state index is 14.5. The fourth-order valence-corrected chi connectivity index (χ4v) is 7.78. The number of hydrogen-bond acceptors (Lipinski definition) is 10. The average Bonchev–Trinajstić information content (AvgIpc) is 3.80. The quantitative estimate of drug-likeness (QED) is 0.0768. The van der Waals surface area contributed by atoms with Crippen LogP contribution >= 0.6 is 0 Å². The first kappa shape index (κ1) is 41.6. The molecular formula is C44H66N4O6. The summed E-state index contributed by atoms with van der Waals surface area (Å²) in [6, 6.07) is 4.81. The maximum Gasteiger partial charge on any atom is 0.204 e. The highest BCUT2D eigenvalue weighted by Crippen LogP contribution is 2.42. The molecule has 3 aromatic rings. The van der Waals surface area contributed by atoms with Gasteiger partial charge in [-0.1, -0.05) is 23.3 Å². The van der Waals surface area contributed by atoms with Crippen LogP contribution in [0.2, 0.25) is 0 Å².